The van der Waals surface area contributed by atoms with E-state index in [0.717, 1.165) is 34.7 Å². The highest BCUT2D eigenvalue weighted by atomic mass is 28.4. The summed E-state index contributed by atoms with van der Waals surface area (Å²) in [5.74, 6) is 0.439. The second-order valence-corrected chi connectivity index (χ2v) is 18.6. The standard InChI is InChI=1S/C33H46F3NO3Si/c1-21(2)32(7)29(28(38)22-13-15-24(16-14-22)33(34,35)36)31(6,23-17-19-39-20-18-23)27-25(37-32)11-10-12-26(27)40-41(8,9)30(3,4)5/h10-17,21,28-29,37-38H,18-20H2,1-9H3/t28-,29-,31-,32-/m0/s1. The van der Waals surface area contributed by atoms with E-state index in [0.29, 0.717) is 25.2 Å². The predicted molar refractivity (Wildman–Crippen MR) is 162 cm³/mol. The van der Waals surface area contributed by atoms with Gasteiger partial charge in [0.25, 0.3) is 0 Å². The SMILES string of the molecule is CC(C)[C@]1(C)Nc2cccc(O[Si](C)(C)C(C)(C)C)c2[C@](C)(C2=CCOCC2)[C@@H]1[C@@H](O)c1ccc(C(F)(F)F)cc1. The Morgan fingerprint density at radius 2 is 1.68 bits per heavy atom. The highest BCUT2D eigenvalue weighted by Crippen LogP contribution is 2.60. The number of rotatable bonds is 6. The summed E-state index contributed by atoms with van der Waals surface area (Å²) >= 11 is 0. The first-order valence-electron chi connectivity index (χ1n) is 14.6. The molecule has 0 aliphatic carbocycles. The molecule has 0 spiro atoms. The molecule has 41 heavy (non-hydrogen) atoms. The number of aliphatic hydroxyl groups excluding tert-OH is 1. The second-order valence-electron chi connectivity index (χ2n) is 13.9. The van der Waals surface area contributed by atoms with E-state index in [4.69, 9.17) is 9.16 Å². The first-order valence-corrected chi connectivity index (χ1v) is 17.5. The summed E-state index contributed by atoms with van der Waals surface area (Å²) in [4.78, 5) is 0. The van der Waals surface area contributed by atoms with E-state index in [1.807, 2.05) is 12.1 Å². The van der Waals surface area contributed by atoms with Crippen LogP contribution in [0, 0.1) is 11.8 Å². The number of anilines is 1. The number of hydrogen-bond donors (Lipinski definition) is 2. The van der Waals surface area contributed by atoms with E-state index in [-0.39, 0.29) is 11.0 Å². The summed E-state index contributed by atoms with van der Waals surface area (Å²) in [7, 11) is -2.25. The van der Waals surface area contributed by atoms with E-state index in [1.54, 1.807) is 0 Å². The van der Waals surface area contributed by atoms with Crippen LogP contribution in [-0.2, 0) is 16.3 Å². The number of benzene rings is 2. The van der Waals surface area contributed by atoms with Gasteiger partial charge in [-0.15, -0.1) is 0 Å². The van der Waals surface area contributed by atoms with Gasteiger partial charge in [-0.1, -0.05) is 71.4 Å². The Bertz CT molecular complexity index is 1280. The summed E-state index contributed by atoms with van der Waals surface area (Å²) in [5.41, 5.74) is 1.52. The van der Waals surface area contributed by atoms with Crippen LogP contribution in [0.4, 0.5) is 18.9 Å². The average molecular weight is 590 g/mol. The van der Waals surface area contributed by atoms with Crippen molar-refractivity contribution < 1.29 is 27.4 Å². The fourth-order valence-corrected chi connectivity index (χ4v) is 7.40. The lowest BCUT2D eigenvalue weighted by Gasteiger charge is -2.58. The molecule has 226 valence electrons. The highest BCUT2D eigenvalue weighted by molar-refractivity contribution is 6.74. The number of hydrogen-bond acceptors (Lipinski definition) is 4. The molecule has 0 unspecified atom stereocenters. The lowest BCUT2D eigenvalue weighted by molar-refractivity contribution is -0.137. The Hall–Kier alpha value is -2.29. The molecule has 0 radical (unpaired) electrons. The van der Waals surface area contributed by atoms with Crippen molar-refractivity contribution in [3.63, 3.8) is 0 Å². The van der Waals surface area contributed by atoms with Crippen molar-refractivity contribution in [2.45, 2.75) is 96.3 Å². The maximum atomic E-state index is 13.4. The van der Waals surface area contributed by atoms with Crippen molar-refractivity contribution in [3.8, 4) is 5.75 Å². The second kappa shape index (κ2) is 10.8. The molecule has 4 nitrogen and oxygen atoms in total. The van der Waals surface area contributed by atoms with Gasteiger partial charge >= 0.3 is 6.18 Å². The van der Waals surface area contributed by atoms with E-state index in [9.17, 15) is 18.3 Å². The van der Waals surface area contributed by atoms with Gasteiger partial charge in [-0.25, -0.2) is 0 Å². The molecule has 2 aliphatic heterocycles. The van der Waals surface area contributed by atoms with Crippen molar-refractivity contribution in [1.82, 2.24) is 0 Å². The quantitative estimate of drug-likeness (QED) is 0.261. The van der Waals surface area contributed by atoms with Crippen LogP contribution in [0.1, 0.15) is 77.7 Å². The zero-order chi connectivity index (χ0) is 30.6. The third kappa shape index (κ3) is 5.59. The first-order chi connectivity index (χ1) is 18.8. The number of alkyl halides is 3. The lowest BCUT2D eigenvalue weighted by Crippen LogP contribution is -2.61. The van der Waals surface area contributed by atoms with E-state index < -0.39 is 43.0 Å². The van der Waals surface area contributed by atoms with Crippen LogP contribution in [0.2, 0.25) is 18.1 Å². The molecule has 2 N–H and O–H groups in total. The van der Waals surface area contributed by atoms with E-state index in [1.165, 1.54) is 12.1 Å². The van der Waals surface area contributed by atoms with Crippen molar-refractivity contribution in [3.05, 3.63) is 70.8 Å². The maximum Gasteiger partial charge on any atom is 0.416 e. The van der Waals surface area contributed by atoms with Crippen molar-refractivity contribution in [1.29, 1.82) is 0 Å². The summed E-state index contributed by atoms with van der Waals surface area (Å²) in [6.45, 7) is 20.7. The minimum atomic E-state index is -4.45. The van der Waals surface area contributed by atoms with Crippen LogP contribution in [-0.4, -0.2) is 32.2 Å². The van der Waals surface area contributed by atoms with Crippen LogP contribution >= 0.6 is 0 Å². The zero-order valence-corrected chi connectivity index (χ0v) is 26.9. The van der Waals surface area contributed by atoms with Gasteiger partial charge in [0, 0.05) is 28.1 Å². The molecule has 4 rings (SSSR count). The van der Waals surface area contributed by atoms with Crippen LogP contribution in [0.25, 0.3) is 0 Å². The van der Waals surface area contributed by atoms with E-state index >= 15 is 0 Å². The molecule has 0 fully saturated rings. The summed E-state index contributed by atoms with van der Waals surface area (Å²) in [6.07, 6.45) is -2.69. The zero-order valence-electron chi connectivity index (χ0n) is 25.9. The van der Waals surface area contributed by atoms with E-state index in [2.05, 4.69) is 79.0 Å². The van der Waals surface area contributed by atoms with Gasteiger partial charge in [0.1, 0.15) is 5.75 Å². The van der Waals surface area contributed by atoms with Gasteiger partial charge in [-0.05, 0) is 67.2 Å². The molecular formula is C33H46F3NO3Si. The summed E-state index contributed by atoms with van der Waals surface area (Å²) in [6, 6.07) is 11.1. The van der Waals surface area contributed by atoms with Crippen molar-refractivity contribution in [2.75, 3.05) is 18.5 Å². The number of nitrogens with one attached hydrogen (secondary N) is 1. The Morgan fingerprint density at radius 3 is 2.20 bits per heavy atom. The van der Waals surface area contributed by atoms with Crippen molar-refractivity contribution in [2.24, 2.45) is 11.8 Å². The fourth-order valence-electron chi connectivity index (χ4n) is 6.38. The van der Waals surface area contributed by atoms with Gasteiger partial charge < -0.3 is 19.6 Å². The third-order valence-electron chi connectivity index (χ3n) is 10.1. The Kier molecular flexibility index (Phi) is 8.31. The summed E-state index contributed by atoms with van der Waals surface area (Å²) < 4.78 is 52.9. The minimum absolute atomic E-state index is 0.0300. The molecule has 0 saturated carbocycles. The van der Waals surface area contributed by atoms with Crippen LogP contribution in [0.5, 0.6) is 5.75 Å². The maximum absolute atomic E-state index is 13.4. The molecule has 0 aromatic heterocycles. The first kappa shape index (κ1) is 31.6. The highest BCUT2D eigenvalue weighted by Gasteiger charge is 2.58. The Labute approximate surface area is 244 Å². The van der Waals surface area contributed by atoms with Crippen molar-refractivity contribution >= 4 is 14.0 Å². The van der Waals surface area contributed by atoms with Gasteiger partial charge in [0.15, 0.2) is 0 Å². The molecule has 4 atom stereocenters. The lowest BCUT2D eigenvalue weighted by atomic mass is 9.52. The molecule has 2 aromatic rings. The number of aliphatic hydroxyl groups is 1. The third-order valence-corrected chi connectivity index (χ3v) is 14.5. The van der Waals surface area contributed by atoms with Gasteiger partial charge in [0.05, 0.1) is 24.9 Å². The summed E-state index contributed by atoms with van der Waals surface area (Å²) in [5, 5.41) is 16.0. The van der Waals surface area contributed by atoms with Gasteiger partial charge in [-0.3, -0.25) is 0 Å². The molecule has 2 aromatic carbocycles. The molecule has 0 amide bonds. The molecule has 8 heteroatoms. The fraction of sp³-hybridized carbons (Fsp3) is 0.576. The number of halogens is 3. The monoisotopic (exact) mass is 589 g/mol. The van der Waals surface area contributed by atoms with Gasteiger partial charge in [0.2, 0.25) is 8.32 Å². The molecule has 2 heterocycles. The van der Waals surface area contributed by atoms with Crippen LogP contribution in [0.15, 0.2) is 54.1 Å². The van der Waals surface area contributed by atoms with Crippen LogP contribution < -0.4 is 9.74 Å². The Morgan fingerprint density at radius 1 is 1.05 bits per heavy atom. The van der Waals surface area contributed by atoms with Crippen LogP contribution in [0.3, 0.4) is 0 Å². The topological polar surface area (TPSA) is 50.7 Å². The number of fused-ring (bicyclic) bond motifs is 1. The molecular weight excluding hydrogens is 543 g/mol. The molecule has 2 aliphatic rings. The molecule has 0 saturated heterocycles. The minimum Gasteiger partial charge on any atom is -0.543 e. The van der Waals surface area contributed by atoms with Gasteiger partial charge in [-0.2, -0.15) is 13.2 Å². The smallest absolute Gasteiger partial charge is 0.416 e. The Balaban J connectivity index is 1.99. The average Bonchev–Trinajstić information content (AvgIpc) is 2.87. The molecule has 0 bridgehead atoms. The number of ether oxygens (including phenoxy) is 1. The largest absolute Gasteiger partial charge is 0.543 e. The predicted octanol–water partition coefficient (Wildman–Crippen LogP) is 8.88. The normalized spacial score (nSPS) is 26.2.